The summed E-state index contributed by atoms with van der Waals surface area (Å²) < 4.78 is 10.7. The third-order valence-corrected chi connectivity index (χ3v) is 2.83. The van der Waals surface area contributed by atoms with Gasteiger partial charge in [0.05, 0.1) is 6.61 Å². The molecular weight excluding hydrogens is 178 g/mol. The molecule has 14 heavy (non-hydrogen) atoms. The molecule has 0 amide bonds. The van der Waals surface area contributed by atoms with Gasteiger partial charge in [-0.3, -0.25) is 0 Å². The third-order valence-electron chi connectivity index (χ3n) is 2.83. The zero-order chi connectivity index (χ0) is 10.2. The van der Waals surface area contributed by atoms with Crippen LogP contribution in [-0.2, 0) is 9.47 Å². The van der Waals surface area contributed by atoms with E-state index in [9.17, 15) is 0 Å². The van der Waals surface area contributed by atoms with Gasteiger partial charge in [0.15, 0.2) is 0 Å². The predicted molar refractivity (Wildman–Crippen MR) is 57.2 cm³/mol. The molecule has 1 aliphatic heterocycles. The zero-order valence-corrected chi connectivity index (χ0v) is 9.21. The van der Waals surface area contributed by atoms with Crippen molar-refractivity contribution in [2.75, 3.05) is 26.4 Å². The first-order valence-corrected chi connectivity index (χ1v) is 5.75. The Morgan fingerprint density at radius 3 is 3.07 bits per heavy atom. The third kappa shape index (κ3) is 4.40. The lowest BCUT2D eigenvalue weighted by Crippen LogP contribution is -2.35. The predicted octanol–water partition coefficient (Wildman–Crippen LogP) is 1.56. The van der Waals surface area contributed by atoms with Gasteiger partial charge < -0.3 is 15.2 Å². The molecule has 0 spiro atoms. The molecule has 0 aromatic rings. The molecule has 0 aromatic carbocycles. The topological polar surface area (TPSA) is 44.5 Å². The van der Waals surface area contributed by atoms with Crippen LogP contribution in [0.2, 0.25) is 0 Å². The standard InChI is InChI=1S/C11H23NO2/c1-2-13-7-4-6-11(12)10-5-3-8-14-9-10/h10-11H,2-9,12H2,1H3. The van der Waals surface area contributed by atoms with E-state index in [2.05, 4.69) is 0 Å². The molecular formula is C11H23NO2. The average Bonchev–Trinajstić information content (AvgIpc) is 2.25. The van der Waals surface area contributed by atoms with Crippen molar-refractivity contribution < 1.29 is 9.47 Å². The molecule has 1 saturated heterocycles. The van der Waals surface area contributed by atoms with Crippen LogP contribution in [0.5, 0.6) is 0 Å². The van der Waals surface area contributed by atoms with Crippen molar-refractivity contribution in [3.05, 3.63) is 0 Å². The smallest absolute Gasteiger partial charge is 0.0509 e. The lowest BCUT2D eigenvalue weighted by molar-refractivity contribution is 0.0419. The molecule has 84 valence electrons. The highest BCUT2D eigenvalue weighted by Gasteiger charge is 2.20. The van der Waals surface area contributed by atoms with Crippen LogP contribution < -0.4 is 5.73 Å². The van der Waals surface area contributed by atoms with E-state index >= 15 is 0 Å². The quantitative estimate of drug-likeness (QED) is 0.663. The van der Waals surface area contributed by atoms with Gasteiger partial charge in [0, 0.05) is 25.9 Å². The van der Waals surface area contributed by atoms with E-state index in [-0.39, 0.29) is 0 Å². The van der Waals surface area contributed by atoms with E-state index in [1.54, 1.807) is 0 Å². The molecule has 2 N–H and O–H groups in total. The Morgan fingerprint density at radius 1 is 1.57 bits per heavy atom. The summed E-state index contributed by atoms with van der Waals surface area (Å²) in [6.07, 6.45) is 4.54. The molecule has 1 heterocycles. The normalized spacial score (nSPS) is 24.9. The summed E-state index contributed by atoms with van der Waals surface area (Å²) in [4.78, 5) is 0. The highest BCUT2D eigenvalue weighted by molar-refractivity contribution is 4.75. The Labute approximate surface area is 86.9 Å². The zero-order valence-electron chi connectivity index (χ0n) is 9.21. The fourth-order valence-electron chi connectivity index (χ4n) is 1.90. The summed E-state index contributed by atoms with van der Waals surface area (Å²) >= 11 is 0. The highest BCUT2D eigenvalue weighted by Crippen LogP contribution is 2.18. The van der Waals surface area contributed by atoms with Crippen LogP contribution in [0.15, 0.2) is 0 Å². The van der Waals surface area contributed by atoms with E-state index in [0.717, 1.165) is 39.3 Å². The highest BCUT2D eigenvalue weighted by atomic mass is 16.5. The summed E-state index contributed by atoms with van der Waals surface area (Å²) in [5.41, 5.74) is 6.10. The Kier molecular flexibility index (Phi) is 6.15. The first-order chi connectivity index (χ1) is 6.84. The maximum Gasteiger partial charge on any atom is 0.0509 e. The number of hydrogen-bond donors (Lipinski definition) is 1. The van der Waals surface area contributed by atoms with Gasteiger partial charge in [-0.15, -0.1) is 0 Å². The van der Waals surface area contributed by atoms with Crippen LogP contribution >= 0.6 is 0 Å². The minimum absolute atomic E-state index is 0.302. The summed E-state index contributed by atoms with van der Waals surface area (Å²) in [5.74, 6) is 0.574. The fraction of sp³-hybridized carbons (Fsp3) is 1.00. The number of nitrogens with two attached hydrogens (primary N) is 1. The Balaban J connectivity index is 2.04. The molecule has 0 saturated carbocycles. The molecule has 2 unspecified atom stereocenters. The molecule has 0 aromatic heterocycles. The second-order valence-corrected chi connectivity index (χ2v) is 3.98. The van der Waals surface area contributed by atoms with E-state index in [4.69, 9.17) is 15.2 Å². The number of ether oxygens (including phenoxy) is 2. The molecule has 0 radical (unpaired) electrons. The van der Waals surface area contributed by atoms with Crippen molar-refractivity contribution >= 4 is 0 Å². The van der Waals surface area contributed by atoms with Crippen molar-refractivity contribution in [2.24, 2.45) is 11.7 Å². The molecule has 3 heteroatoms. The molecule has 1 rings (SSSR count). The van der Waals surface area contributed by atoms with Crippen LogP contribution in [0.4, 0.5) is 0 Å². The van der Waals surface area contributed by atoms with Crippen molar-refractivity contribution in [3.8, 4) is 0 Å². The van der Waals surface area contributed by atoms with Crippen LogP contribution in [0.25, 0.3) is 0 Å². The van der Waals surface area contributed by atoms with Gasteiger partial charge in [-0.1, -0.05) is 0 Å². The first kappa shape index (κ1) is 12.0. The van der Waals surface area contributed by atoms with Crippen molar-refractivity contribution in [1.29, 1.82) is 0 Å². The minimum atomic E-state index is 0.302. The maximum atomic E-state index is 6.10. The maximum absolute atomic E-state index is 6.10. The van der Waals surface area contributed by atoms with Gasteiger partial charge in [-0.05, 0) is 38.5 Å². The van der Waals surface area contributed by atoms with Gasteiger partial charge >= 0.3 is 0 Å². The van der Waals surface area contributed by atoms with Gasteiger partial charge in [-0.25, -0.2) is 0 Å². The van der Waals surface area contributed by atoms with Crippen LogP contribution in [0.3, 0.4) is 0 Å². The number of rotatable bonds is 6. The van der Waals surface area contributed by atoms with E-state index < -0.39 is 0 Å². The minimum Gasteiger partial charge on any atom is -0.382 e. The Hall–Kier alpha value is -0.120. The Morgan fingerprint density at radius 2 is 2.43 bits per heavy atom. The van der Waals surface area contributed by atoms with Gasteiger partial charge in [0.25, 0.3) is 0 Å². The summed E-state index contributed by atoms with van der Waals surface area (Å²) in [5, 5.41) is 0. The van der Waals surface area contributed by atoms with Gasteiger partial charge in [-0.2, -0.15) is 0 Å². The summed E-state index contributed by atoms with van der Waals surface area (Å²) in [6.45, 7) is 5.45. The lowest BCUT2D eigenvalue weighted by Gasteiger charge is -2.27. The average molecular weight is 201 g/mol. The van der Waals surface area contributed by atoms with Crippen LogP contribution in [0.1, 0.15) is 32.6 Å². The first-order valence-electron chi connectivity index (χ1n) is 5.75. The number of hydrogen-bond acceptors (Lipinski definition) is 3. The monoisotopic (exact) mass is 201 g/mol. The molecule has 2 atom stereocenters. The van der Waals surface area contributed by atoms with Crippen LogP contribution in [0, 0.1) is 5.92 Å². The van der Waals surface area contributed by atoms with E-state index in [1.165, 1.54) is 12.8 Å². The summed E-state index contributed by atoms with van der Waals surface area (Å²) in [7, 11) is 0. The molecule has 0 aliphatic carbocycles. The van der Waals surface area contributed by atoms with E-state index in [1.807, 2.05) is 6.92 Å². The molecule has 0 bridgehead atoms. The van der Waals surface area contributed by atoms with Crippen molar-refractivity contribution in [1.82, 2.24) is 0 Å². The fourth-order valence-corrected chi connectivity index (χ4v) is 1.90. The van der Waals surface area contributed by atoms with Gasteiger partial charge in [0.2, 0.25) is 0 Å². The molecule has 1 fully saturated rings. The molecule has 3 nitrogen and oxygen atoms in total. The molecule has 1 aliphatic rings. The Bertz CT molecular complexity index is 135. The van der Waals surface area contributed by atoms with Crippen molar-refractivity contribution in [3.63, 3.8) is 0 Å². The van der Waals surface area contributed by atoms with Crippen molar-refractivity contribution in [2.45, 2.75) is 38.6 Å². The second kappa shape index (κ2) is 7.21. The lowest BCUT2D eigenvalue weighted by atomic mass is 9.91. The second-order valence-electron chi connectivity index (χ2n) is 3.98. The SMILES string of the molecule is CCOCCCC(N)C1CCCOC1. The summed E-state index contributed by atoms with van der Waals surface area (Å²) in [6, 6.07) is 0.302. The van der Waals surface area contributed by atoms with Crippen LogP contribution in [-0.4, -0.2) is 32.5 Å². The van der Waals surface area contributed by atoms with E-state index in [0.29, 0.717) is 12.0 Å². The van der Waals surface area contributed by atoms with Gasteiger partial charge in [0.1, 0.15) is 0 Å². The largest absolute Gasteiger partial charge is 0.382 e.